The summed E-state index contributed by atoms with van der Waals surface area (Å²) >= 11 is 5.99. The summed E-state index contributed by atoms with van der Waals surface area (Å²) in [7, 11) is 2.93. The van der Waals surface area contributed by atoms with Crippen LogP contribution in [0.4, 0.5) is 8.78 Å². The highest BCUT2D eigenvalue weighted by molar-refractivity contribution is 6.31. The summed E-state index contributed by atoms with van der Waals surface area (Å²) < 4.78 is 35.7. The highest BCUT2D eigenvalue weighted by Gasteiger charge is 2.32. The zero-order valence-corrected chi connectivity index (χ0v) is 16.8. The molecule has 1 aliphatic heterocycles. The molecule has 28 heavy (non-hydrogen) atoms. The number of hydrogen-bond donors (Lipinski definition) is 0. The first-order chi connectivity index (χ1) is 13.4. The van der Waals surface area contributed by atoms with Crippen LogP contribution in [0, 0.1) is 5.92 Å². The third-order valence-corrected chi connectivity index (χ3v) is 4.99. The van der Waals surface area contributed by atoms with Crippen molar-refractivity contribution < 1.29 is 27.8 Å². The number of carbonyl (C=O) groups is 2. The molecule has 2 rings (SSSR count). The molecule has 0 aromatic heterocycles. The molecule has 9 heteroatoms. The Morgan fingerprint density at radius 2 is 1.96 bits per heavy atom. The topological polar surface area (TPSA) is 59.1 Å². The van der Waals surface area contributed by atoms with E-state index >= 15 is 0 Å². The van der Waals surface area contributed by atoms with Gasteiger partial charge < -0.3 is 19.3 Å². The van der Waals surface area contributed by atoms with Crippen molar-refractivity contribution in [3.63, 3.8) is 0 Å². The second-order valence-electron chi connectivity index (χ2n) is 6.58. The van der Waals surface area contributed by atoms with E-state index < -0.39 is 13.0 Å². The molecule has 1 aromatic rings. The number of methoxy groups -OCH3 is 2. The van der Waals surface area contributed by atoms with Gasteiger partial charge in [0.15, 0.2) is 0 Å². The Morgan fingerprint density at radius 3 is 2.54 bits per heavy atom. The standard InChI is InChI=1S/C19H25ClF2N2O4/c1-27-10-9-24(12-17(21)22)18(25)13-5-7-23(8-6-13)19(26)15-11-14(20)3-4-16(15)28-2/h3-4,11,13,17H,5-10,12H2,1-2H3. The highest BCUT2D eigenvalue weighted by atomic mass is 35.5. The Hall–Kier alpha value is -1.93. The predicted octanol–water partition coefficient (Wildman–Crippen LogP) is 2.94. The van der Waals surface area contributed by atoms with E-state index in [9.17, 15) is 18.4 Å². The number of rotatable bonds is 8. The lowest BCUT2D eigenvalue weighted by Gasteiger charge is -2.34. The van der Waals surface area contributed by atoms with Gasteiger partial charge in [-0.3, -0.25) is 9.59 Å². The van der Waals surface area contributed by atoms with Gasteiger partial charge in [-0.05, 0) is 31.0 Å². The molecule has 0 unspecified atom stereocenters. The largest absolute Gasteiger partial charge is 0.496 e. The number of carbonyl (C=O) groups excluding carboxylic acids is 2. The minimum atomic E-state index is -2.60. The highest BCUT2D eigenvalue weighted by Crippen LogP contribution is 2.27. The van der Waals surface area contributed by atoms with Crippen LogP contribution >= 0.6 is 11.6 Å². The zero-order chi connectivity index (χ0) is 20.7. The van der Waals surface area contributed by atoms with E-state index in [1.807, 2.05) is 0 Å². The number of benzene rings is 1. The van der Waals surface area contributed by atoms with Gasteiger partial charge in [-0.25, -0.2) is 8.78 Å². The molecule has 0 aliphatic carbocycles. The van der Waals surface area contributed by atoms with Crippen molar-refractivity contribution in [2.45, 2.75) is 19.3 Å². The van der Waals surface area contributed by atoms with E-state index in [0.717, 1.165) is 4.90 Å². The Bertz CT molecular complexity index is 682. The Morgan fingerprint density at radius 1 is 1.29 bits per heavy atom. The van der Waals surface area contributed by atoms with Gasteiger partial charge in [0.2, 0.25) is 5.91 Å². The van der Waals surface area contributed by atoms with Gasteiger partial charge in [0.25, 0.3) is 12.3 Å². The van der Waals surface area contributed by atoms with Crippen LogP contribution in [0.25, 0.3) is 0 Å². The van der Waals surface area contributed by atoms with Gasteiger partial charge >= 0.3 is 0 Å². The molecular formula is C19H25ClF2N2O4. The van der Waals surface area contributed by atoms with Crippen molar-refractivity contribution in [2.24, 2.45) is 5.92 Å². The van der Waals surface area contributed by atoms with Crippen LogP contribution in [0.5, 0.6) is 5.75 Å². The summed E-state index contributed by atoms with van der Waals surface area (Å²) in [6, 6.07) is 4.82. The molecule has 0 N–H and O–H groups in total. The Balaban J connectivity index is 2.00. The number of amides is 2. The van der Waals surface area contributed by atoms with Gasteiger partial charge in [0.05, 0.1) is 25.8 Å². The van der Waals surface area contributed by atoms with Crippen LogP contribution in [-0.4, -0.2) is 75.0 Å². The van der Waals surface area contributed by atoms with Crippen LogP contribution in [0.1, 0.15) is 23.2 Å². The van der Waals surface area contributed by atoms with Crippen molar-refractivity contribution in [1.29, 1.82) is 0 Å². The molecule has 1 fully saturated rings. The third-order valence-electron chi connectivity index (χ3n) is 4.76. The maximum atomic E-state index is 12.8. The van der Waals surface area contributed by atoms with Crippen LogP contribution < -0.4 is 4.74 Å². The molecule has 1 heterocycles. The Labute approximate surface area is 168 Å². The first-order valence-corrected chi connectivity index (χ1v) is 9.43. The molecule has 2 amide bonds. The van der Waals surface area contributed by atoms with E-state index in [2.05, 4.69) is 0 Å². The van der Waals surface area contributed by atoms with Crippen molar-refractivity contribution in [3.8, 4) is 5.75 Å². The molecule has 1 saturated heterocycles. The maximum Gasteiger partial charge on any atom is 0.257 e. The van der Waals surface area contributed by atoms with Gasteiger partial charge in [-0.2, -0.15) is 0 Å². The van der Waals surface area contributed by atoms with Gasteiger partial charge in [0, 0.05) is 37.7 Å². The first-order valence-electron chi connectivity index (χ1n) is 9.06. The van der Waals surface area contributed by atoms with Crippen molar-refractivity contribution >= 4 is 23.4 Å². The molecule has 1 aliphatic rings. The summed E-state index contributed by atoms with van der Waals surface area (Å²) in [5.74, 6) is -0.505. The van der Waals surface area contributed by atoms with Crippen molar-refractivity contribution in [1.82, 2.24) is 9.80 Å². The van der Waals surface area contributed by atoms with E-state index in [1.165, 1.54) is 14.2 Å². The fraction of sp³-hybridized carbons (Fsp3) is 0.579. The monoisotopic (exact) mass is 418 g/mol. The van der Waals surface area contributed by atoms with E-state index in [-0.39, 0.29) is 30.9 Å². The van der Waals surface area contributed by atoms with Crippen molar-refractivity contribution in [3.05, 3.63) is 28.8 Å². The Kier molecular flexibility index (Phi) is 8.44. The third kappa shape index (κ3) is 5.78. The van der Waals surface area contributed by atoms with Crippen molar-refractivity contribution in [2.75, 3.05) is 47.0 Å². The second kappa shape index (κ2) is 10.6. The quantitative estimate of drug-likeness (QED) is 0.651. The minimum absolute atomic E-state index is 0.124. The molecule has 0 atom stereocenters. The number of ether oxygens (including phenoxy) is 2. The van der Waals surface area contributed by atoms with Gasteiger partial charge in [-0.15, -0.1) is 0 Å². The molecular weight excluding hydrogens is 394 g/mol. The average Bonchev–Trinajstić information content (AvgIpc) is 2.69. The minimum Gasteiger partial charge on any atom is -0.496 e. The lowest BCUT2D eigenvalue weighted by molar-refractivity contribution is -0.139. The summed E-state index contributed by atoms with van der Waals surface area (Å²) in [5.41, 5.74) is 0.360. The number of likely N-dealkylation sites (tertiary alicyclic amines) is 1. The fourth-order valence-electron chi connectivity index (χ4n) is 3.26. The van der Waals surface area contributed by atoms with Gasteiger partial charge in [0.1, 0.15) is 5.75 Å². The van der Waals surface area contributed by atoms with E-state index in [4.69, 9.17) is 21.1 Å². The van der Waals surface area contributed by atoms with Crippen LogP contribution in [-0.2, 0) is 9.53 Å². The van der Waals surface area contributed by atoms with E-state index in [0.29, 0.717) is 42.3 Å². The van der Waals surface area contributed by atoms with E-state index in [1.54, 1.807) is 23.1 Å². The van der Waals surface area contributed by atoms with Gasteiger partial charge in [-0.1, -0.05) is 11.6 Å². The number of halogens is 3. The summed E-state index contributed by atoms with van der Waals surface area (Å²) in [4.78, 5) is 28.2. The first kappa shape index (κ1) is 22.4. The molecule has 0 spiro atoms. The number of hydrogen-bond acceptors (Lipinski definition) is 4. The predicted molar refractivity (Wildman–Crippen MR) is 101 cm³/mol. The summed E-state index contributed by atoms with van der Waals surface area (Å²) in [6.45, 7) is 0.430. The maximum absolute atomic E-state index is 12.8. The van der Waals surface area contributed by atoms with Crippen LogP contribution in [0.3, 0.4) is 0 Å². The SMILES string of the molecule is COCCN(CC(F)F)C(=O)C1CCN(C(=O)c2cc(Cl)ccc2OC)CC1. The lowest BCUT2D eigenvalue weighted by atomic mass is 9.94. The number of piperidine rings is 1. The summed E-state index contributed by atoms with van der Waals surface area (Å²) in [5, 5.41) is 0.426. The summed E-state index contributed by atoms with van der Waals surface area (Å²) in [6.07, 6.45) is -1.77. The molecule has 156 valence electrons. The number of alkyl halides is 2. The second-order valence-corrected chi connectivity index (χ2v) is 7.02. The smallest absolute Gasteiger partial charge is 0.257 e. The molecule has 0 saturated carbocycles. The normalized spacial score (nSPS) is 15.0. The van der Waals surface area contributed by atoms with Crippen LogP contribution in [0.2, 0.25) is 5.02 Å². The lowest BCUT2D eigenvalue weighted by Crippen LogP contribution is -2.46. The molecule has 1 aromatic carbocycles. The molecule has 0 bridgehead atoms. The molecule has 6 nitrogen and oxygen atoms in total. The van der Waals surface area contributed by atoms with Crippen LogP contribution in [0.15, 0.2) is 18.2 Å². The fourth-order valence-corrected chi connectivity index (χ4v) is 3.44. The molecule has 0 radical (unpaired) electrons. The number of nitrogens with zero attached hydrogens (tertiary/aromatic N) is 2. The average molecular weight is 419 g/mol. The zero-order valence-electron chi connectivity index (χ0n) is 16.0.